The zero-order valence-corrected chi connectivity index (χ0v) is 19.1. The highest BCUT2D eigenvalue weighted by molar-refractivity contribution is 9.10. The summed E-state index contributed by atoms with van der Waals surface area (Å²) in [4.78, 5) is 27.9. The van der Waals surface area contributed by atoms with Crippen LogP contribution in [-0.2, 0) is 9.59 Å². The van der Waals surface area contributed by atoms with E-state index in [1.165, 1.54) is 4.90 Å². The average Bonchev–Trinajstić information content (AvgIpc) is 3.00. The van der Waals surface area contributed by atoms with E-state index in [2.05, 4.69) is 15.9 Å². The Kier molecular flexibility index (Phi) is 5.54. The van der Waals surface area contributed by atoms with Crippen LogP contribution in [0.5, 0.6) is 0 Å². The number of benzene rings is 3. The number of aliphatic hydroxyl groups excluding tert-OH is 1. The van der Waals surface area contributed by atoms with E-state index in [9.17, 15) is 14.7 Å². The van der Waals surface area contributed by atoms with Crippen LogP contribution in [0.15, 0.2) is 76.8 Å². The molecule has 1 aliphatic rings. The maximum absolute atomic E-state index is 13.2. The second kappa shape index (κ2) is 8.16. The zero-order valence-electron chi connectivity index (χ0n) is 17.5. The molecule has 0 aliphatic carbocycles. The van der Waals surface area contributed by atoms with Gasteiger partial charge in [-0.15, -0.1) is 0 Å². The first-order valence-corrected chi connectivity index (χ1v) is 10.8. The van der Waals surface area contributed by atoms with Gasteiger partial charge in [0.1, 0.15) is 5.76 Å². The van der Waals surface area contributed by atoms with Crippen LogP contribution < -0.4 is 4.90 Å². The molecule has 1 unspecified atom stereocenters. The second-order valence-corrected chi connectivity index (χ2v) is 8.74. The molecule has 0 aromatic heterocycles. The Balaban J connectivity index is 1.97. The standard InChI is InChI=1S/C26H22BrNO3/c1-15-11-16(2)13-20(12-15)28-23(18-7-5-4-6-8-18)22(25(30)26(28)31)24(29)19-9-10-21(27)17(3)14-19/h4-14,23,29H,1-3H3/b24-22-. The minimum Gasteiger partial charge on any atom is -0.507 e. The average molecular weight is 476 g/mol. The van der Waals surface area contributed by atoms with E-state index in [1.807, 2.05) is 75.4 Å². The van der Waals surface area contributed by atoms with Crippen molar-refractivity contribution in [2.75, 3.05) is 4.90 Å². The molecule has 156 valence electrons. The van der Waals surface area contributed by atoms with Gasteiger partial charge in [-0.05, 0) is 67.3 Å². The van der Waals surface area contributed by atoms with Gasteiger partial charge in [-0.25, -0.2) is 0 Å². The van der Waals surface area contributed by atoms with Gasteiger partial charge in [-0.1, -0.05) is 58.4 Å². The normalized spacial score (nSPS) is 17.9. The molecule has 3 aromatic rings. The van der Waals surface area contributed by atoms with Crippen LogP contribution in [0.3, 0.4) is 0 Å². The fourth-order valence-corrected chi connectivity index (χ4v) is 4.33. The van der Waals surface area contributed by atoms with Gasteiger partial charge in [0, 0.05) is 15.7 Å². The van der Waals surface area contributed by atoms with Gasteiger partial charge in [0.15, 0.2) is 0 Å². The van der Waals surface area contributed by atoms with Crippen LogP contribution in [0.4, 0.5) is 5.69 Å². The molecule has 1 N–H and O–H groups in total. The van der Waals surface area contributed by atoms with Crippen LogP contribution in [0.25, 0.3) is 5.76 Å². The van der Waals surface area contributed by atoms with Gasteiger partial charge in [0.05, 0.1) is 11.6 Å². The monoisotopic (exact) mass is 475 g/mol. The third-order valence-corrected chi connectivity index (χ3v) is 6.37. The third kappa shape index (κ3) is 3.81. The lowest BCUT2D eigenvalue weighted by molar-refractivity contribution is -0.132. The Morgan fingerprint density at radius 3 is 2.16 bits per heavy atom. The van der Waals surface area contributed by atoms with Crippen molar-refractivity contribution < 1.29 is 14.7 Å². The molecular weight excluding hydrogens is 454 g/mol. The van der Waals surface area contributed by atoms with Gasteiger partial charge in [-0.3, -0.25) is 14.5 Å². The molecule has 31 heavy (non-hydrogen) atoms. The van der Waals surface area contributed by atoms with Gasteiger partial charge < -0.3 is 5.11 Å². The van der Waals surface area contributed by atoms with Crippen molar-refractivity contribution in [1.29, 1.82) is 0 Å². The van der Waals surface area contributed by atoms with Crippen molar-refractivity contribution in [1.82, 2.24) is 0 Å². The smallest absolute Gasteiger partial charge is 0.300 e. The van der Waals surface area contributed by atoms with Crippen LogP contribution in [0.1, 0.15) is 33.9 Å². The van der Waals surface area contributed by atoms with E-state index in [1.54, 1.807) is 12.1 Å². The number of rotatable bonds is 3. The number of hydrogen-bond acceptors (Lipinski definition) is 3. The largest absolute Gasteiger partial charge is 0.507 e. The molecule has 4 nitrogen and oxygen atoms in total. The summed E-state index contributed by atoms with van der Waals surface area (Å²) in [5.41, 5.74) is 4.90. The van der Waals surface area contributed by atoms with Gasteiger partial charge >= 0.3 is 0 Å². The van der Waals surface area contributed by atoms with Crippen LogP contribution >= 0.6 is 15.9 Å². The maximum Gasteiger partial charge on any atom is 0.300 e. The lowest BCUT2D eigenvalue weighted by Crippen LogP contribution is -2.29. The fourth-order valence-electron chi connectivity index (χ4n) is 4.09. The Bertz CT molecular complexity index is 1210. The molecule has 1 saturated heterocycles. The third-order valence-electron chi connectivity index (χ3n) is 5.48. The molecule has 1 heterocycles. The number of hydrogen-bond donors (Lipinski definition) is 1. The van der Waals surface area contributed by atoms with Crippen molar-refractivity contribution in [3.63, 3.8) is 0 Å². The predicted molar refractivity (Wildman–Crippen MR) is 126 cm³/mol. The molecule has 1 amide bonds. The first-order valence-electron chi connectivity index (χ1n) is 9.98. The van der Waals surface area contributed by atoms with Crippen molar-refractivity contribution in [3.8, 4) is 0 Å². The van der Waals surface area contributed by atoms with Crippen LogP contribution in [0.2, 0.25) is 0 Å². The molecule has 1 atom stereocenters. The lowest BCUT2D eigenvalue weighted by Gasteiger charge is -2.26. The molecule has 3 aromatic carbocycles. The van der Waals surface area contributed by atoms with E-state index in [4.69, 9.17) is 0 Å². The number of halogens is 1. The number of anilines is 1. The summed E-state index contributed by atoms with van der Waals surface area (Å²) in [5.74, 6) is -1.50. The maximum atomic E-state index is 13.2. The van der Waals surface area contributed by atoms with Crippen molar-refractivity contribution >= 4 is 39.1 Å². The Hall–Kier alpha value is -3.18. The summed E-state index contributed by atoms with van der Waals surface area (Å²) < 4.78 is 0.902. The molecule has 0 bridgehead atoms. The highest BCUT2D eigenvalue weighted by Crippen LogP contribution is 2.42. The summed E-state index contributed by atoms with van der Waals surface area (Å²) in [5, 5.41) is 11.2. The summed E-state index contributed by atoms with van der Waals surface area (Å²) in [6.45, 7) is 5.81. The van der Waals surface area contributed by atoms with Gasteiger partial charge in [-0.2, -0.15) is 0 Å². The summed E-state index contributed by atoms with van der Waals surface area (Å²) >= 11 is 3.46. The SMILES string of the molecule is Cc1cc(C)cc(N2C(=O)C(=O)/C(=C(\O)c3ccc(Br)c(C)c3)C2c2ccccc2)c1. The number of carbonyl (C=O) groups excluding carboxylic acids is 2. The van der Waals surface area contributed by atoms with Crippen molar-refractivity contribution in [2.45, 2.75) is 26.8 Å². The minimum absolute atomic E-state index is 0.0945. The topological polar surface area (TPSA) is 57.6 Å². The highest BCUT2D eigenvalue weighted by Gasteiger charge is 2.47. The van der Waals surface area contributed by atoms with E-state index in [-0.39, 0.29) is 11.3 Å². The first kappa shape index (κ1) is 21.1. The number of amides is 1. The van der Waals surface area contributed by atoms with Crippen molar-refractivity contribution in [3.05, 3.63) is 105 Å². The fraction of sp³-hybridized carbons (Fsp3) is 0.154. The number of aryl methyl sites for hydroxylation is 3. The molecule has 0 radical (unpaired) electrons. The number of ketones is 1. The van der Waals surface area contributed by atoms with Crippen LogP contribution in [-0.4, -0.2) is 16.8 Å². The summed E-state index contributed by atoms with van der Waals surface area (Å²) in [6.07, 6.45) is 0. The quantitative estimate of drug-likeness (QED) is 0.287. The Morgan fingerprint density at radius 1 is 0.903 bits per heavy atom. The molecule has 0 spiro atoms. The number of Topliss-reactive ketones (excluding diaryl/α,β-unsaturated/α-hetero) is 1. The lowest BCUT2D eigenvalue weighted by atomic mass is 9.94. The Labute approximate surface area is 190 Å². The van der Waals surface area contributed by atoms with Crippen molar-refractivity contribution in [2.24, 2.45) is 0 Å². The number of carbonyl (C=O) groups is 2. The minimum atomic E-state index is -0.716. The van der Waals surface area contributed by atoms with E-state index >= 15 is 0 Å². The molecular formula is C26H22BrNO3. The second-order valence-electron chi connectivity index (χ2n) is 7.89. The predicted octanol–water partition coefficient (Wildman–Crippen LogP) is 6.00. The summed E-state index contributed by atoms with van der Waals surface area (Å²) in [6, 6.07) is 19.8. The number of aliphatic hydroxyl groups is 1. The van der Waals surface area contributed by atoms with Crippen LogP contribution in [0, 0.1) is 20.8 Å². The molecule has 4 rings (SSSR count). The van der Waals surface area contributed by atoms with Gasteiger partial charge in [0.25, 0.3) is 11.7 Å². The molecule has 0 saturated carbocycles. The first-order chi connectivity index (χ1) is 14.8. The molecule has 1 fully saturated rings. The molecule has 1 aliphatic heterocycles. The van der Waals surface area contributed by atoms with E-state index < -0.39 is 17.7 Å². The van der Waals surface area contributed by atoms with E-state index in [0.717, 1.165) is 26.7 Å². The molecule has 5 heteroatoms. The zero-order chi connectivity index (χ0) is 22.3. The van der Waals surface area contributed by atoms with Gasteiger partial charge in [0.2, 0.25) is 0 Å². The highest BCUT2D eigenvalue weighted by atomic mass is 79.9. The Morgan fingerprint density at radius 2 is 1.55 bits per heavy atom. The summed E-state index contributed by atoms with van der Waals surface area (Å²) in [7, 11) is 0. The van der Waals surface area contributed by atoms with E-state index in [0.29, 0.717) is 11.3 Å². The number of nitrogens with zero attached hydrogens (tertiary/aromatic N) is 1.